The zero-order valence-corrected chi connectivity index (χ0v) is 36.0. The van der Waals surface area contributed by atoms with Crippen LogP contribution >= 0.6 is 0 Å². The van der Waals surface area contributed by atoms with Gasteiger partial charge in [0.1, 0.15) is 42.7 Å². The molecule has 0 unspecified atom stereocenters. The Morgan fingerprint density at radius 1 is 0.793 bits per heavy atom. The molecule has 330 valence electrons. The zero-order valence-electron chi connectivity index (χ0n) is 36.0. The topological polar surface area (TPSA) is 176 Å². The highest BCUT2D eigenvalue weighted by Crippen LogP contribution is 2.46. The van der Waals surface area contributed by atoms with Crippen molar-refractivity contribution in [2.45, 2.75) is 166 Å². The van der Waals surface area contributed by atoms with E-state index >= 15 is 0 Å². The van der Waals surface area contributed by atoms with Gasteiger partial charge >= 0.3 is 5.97 Å². The van der Waals surface area contributed by atoms with Crippen LogP contribution in [0, 0.1) is 23.2 Å². The number of methoxy groups -OCH3 is 4. The van der Waals surface area contributed by atoms with E-state index in [4.69, 9.17) is 52.1 Å². The number of esters is 1. The van der Waals surface area contributed by atoms with Crippen molar-refractivity contribution in [1.82, 2.24) is 0 Å². The van der Waals surface area contributed by atoms with Crippen molar-refractivity contribution >= 4 is 11.8 Å². The summed E-state index contributed by atoms with van der Waals surface area (Å²) in [5, 5.41) is 23.0. The highest BCUT2D eigenvalue weighted by molar-refractivity contribution is 5.86. The number of carbonyl (C=O) groups excluding carboxylic acids is 2. The van der Waals surface area contributed by atoms with Gasteiger partial charge in [-0.1, -0.05) is 71.9 Å². The molecular formula is C43H68O15. The largest absolute Gasteiger partial charge is 0.457 e. The lowest BCUT2D eigenvalue weighted by Gasteiger charge is -2.48. The van der Waals surface area contributed by atoms with Gasteiger partial charge in [0.05, 0.1) is 43.5 Å². The highest BCUT2D eigenvalue weighted by Gasteiger charge is 2.57. The second-order valence-electron chi connectivity index (χ2n) is 17.3. The molecule has 0 aromatic heterocycles. The summed E-state index contributed by atoms with van der Waals surface area (Å²) in [6, 6.07) is 0. The third-order valence-electron chi connectivity index (χ3n) is 12.5. The maximum absolute atomic E-state index is 14.0. The molecule has 5 rings (SSSR count). The monoisotopic (exact) mass is 824 g/mol. The molecule has 4 bridgehead atoms. The summed E-state index contributed by atoms with van der Waals surface area (Å²) in [6.07, 6.45) is 1.18. The minimum absolute atomic E-state index is 0.117. The molecule has 0 aliphatic carbocycles. The zero-order chi connectivity index (χ0) is 42.5. The maximum atomic E-state index is 14.0. The number of fused-ring (bicyclic) bond motifs is 4. The van der Waals surface area contributed by atoms with Gasteiger partial charge in [-0.15, -0.1) is 0 Å². The number of Topliss-reactive ketones (excluding diaryl/α,β-unsaturated/α-hetero) is 1. The standard InChI is InChI=1S/C43H68O15/c1-23(2)16-14-12-13-15-17-32-42(6,7)33-18-24(3)43(47,58-33)31(45)20-27-19-29(25(4)30(54-27)21-34(46)56-32)55-40-38(50-10)36(28(44)22-52-40)57-41-39(51-11)37(49-9)35(48-8)26(5)53-41/h12-17,23-30,32-33,35-41,44,47H,18-22H2,1-11H3/b13-12+,16-14+,17-15+/t24-,25-,26-,27-,28-,29-,30+,32-,33-,35-,36-,37+,38+,39-,40+,41+,43-/m1/s1. The number of carbonyl (C=O) groups is 2. The van der Waals surface area contributed by atoms with E-state index in [1.165, 1.54) is 14.2 Å². The molecule has 0 amide bonds. The normalized spacial score (nSPS) is 44.1. The van der Waals surface area contributed by atoms with Gasteiger partial charge < -0.3 is 62.3 Å². The van der Waals surface area contributed by atoms with Crippen LogP contribution in [-0.4, -0.2) is 149 Å². The van der Waals surface area contributed by atoms with Crippen LogP contribution in [0.2, 0.25) is 0 Å². The summed E-state index contributed by atoms with van der Waals surface area (Å²) >= 11 is 0. The predicted octanol–water partition coefficient (Wildman–Crippen LogP) is 3.81. The highest BCUT2D eigenvalue weighted by atomic mass is 16.8. The molecule has 15 nitrogen and oxygen atoms in total. The summed E-state index contributed by atoms with van der Waals surface area (Å²) in [5.41, 5.74) is -0.815. The molecule has 5 heterocycles. The van der Waals surface area contributed by atoms with E-state index in [9.17, 15) is 19.8 Å². The quantitative estimate of drug-likeness (QED) is 0.215. The van der Waals surface area contributed by atoms with E-state index < -0.39 is 121 Å². The first-order valence-corrected chi connectivity index (χ1v) is 20.7. The molecule has 5 fully saturated rings. The molecule has 2 N–H and O–H groups in total. The van der Waals surface area contributed by atoms with E-state index in [0.29, 0.717) is 12.3 Å². The Morgan fingerprint density at radius 3 is 2.10 bits per heavy atom. The Hall–Kier alpha value is -2.12. The fraction of sp³-hybridized carbons (Fsp3) is 0.814. The summed E-state index contributed by atoms with van der Waals surface area (Å²) in [6.45, 7) is 13.4. The lowest BCUT2D eigenvalue weighted by atomic mass is 9.77. The molecule has 0 spiro atoms. The van der Waals surface area contributed by atoms with Crippen LogP contribution in [0.25, 0.3) is 0 Å². The molecule has 0 aromatic rings. The molecule has 0 aromatic carbocycles. The third-order valence-corrected chi connectivity index (χ3v) is 12.5. The predicted molar refractivity (Wildman–Crippen MR) is 209 cm³/mol. The van der Waals surface area contributed by atoms with Crippen molar-refractivity contribution in [3.05, 3.63) is 36.5 Å². The summed E-state index contributed by atoms with van der Waals surface area (Å²) in [7, 11) is 6.11. The molecule has 5 aliphatic rings. The van der Waals surface area contributed by atoms with E-state index in [1.54, 1.807) is 21.1 Å². The lowest BCUT2D eigenvalue weighted by Crippen LogP contribution is -2.63. The van der Waals surface area contributed by atoms with Gasteiger partial charge in [0, 0.05) is 58.5 Å². The number of aliphatic hydroxyl groups excluding tert-OH is 1. The second kappa shape index (κ2) is 20.2. The number of cyclic esters (lactones) is 1. The van der Waals surface area contributed by atoms with Crippen LogP contribution in [0.3, 0.4) is 0 Å². The minimum Gasteiger partial charge on any atom is -0.457 e. The number of rotatable bonds is 12. The molecule has 5 aliphatic heterocycles. The fourth-order valence-electron chi connectivity index (χ4n) is 8.79. The van der Waals surface area contributed by atoms with Gasteiger partial charge in [-0.05, 0) is 25.3 Å². The Morgan fingerprint density at radius 2 is 1.45 bits per heavy atom. The van der Waals surface area contributed by atoms with Gasteiger partial charge in [0.25, 0.3) is 0 Å². The average Bonchev–Trinajstić information content (AvgIpc) is 3.50. The molecular weight excluding hydrogens is 756 g/mol. The van der Waals surface area contributed by atoms with Gasteiger partial charge in [0.15, 0.2) is 18.4 Å². The number of ketones is 1. The molecule has 58 heavy (non-hydrogen) atoms. The fourth-order valence-corrected chi connectivity index (χ4v) is 8.79. The van der Waals surface area contributed by atoms with Gasteiger partial charge in [-0.2, -0.15) is 0 Å². The average molecular weight is 825 g/mol. The van der Waals surface area contributed by atoms with E-state index in [-0.39, 0.29) is 25.9 Å². The molecule has 0 saturated carbocycles. The number of hydrogen-bond donors (Lipinski definition) is 2. The second-order valence-corrected chi connectivity index (χ2v) is 17.3. The SMILES string of the molecule is CO[C@@H]1[C@@H](OC)[C@H](O[C@H]2[C@H](OC)[C@H](O[C@@H]3C[C@@H]4CC(=O)[C@]5(O)O[C@H](C[C@H]5C)C(C)(C)[C@@H](/C=C/C=C/C=C/C(C)C)OC(=O)C[C@H](O4)[C@@H]3C)OC[C@H]2O)O[C@H](C)[C@H]1OC. The van der Waals surface area contributed by atoms with Crippen LogP contribution < -0.4 is 0 Å². The first kappa shape index (κ1) is 46.9. The van der Waals surface area contributed by atoms with E-state index in [0.717, 1.165) is 0 Å². The van der Waals surface area contributed by atoms with Crippen molar-refractivity contribution in [2.24, 2.45) is 23.2 Å². The minimum atomic E-state index is -2.06. The number of allylic oxidation sites excluding steroid dienone is 5. The Labute approximate surface area is 343 Å². The molecule has 17 atom stereocenters. The van der Waals surface area contributed by atoms with Crippen LogP contribution in [0.1, 0.15) is 74.1 Å². The number of ether oxygens (including phenoxy) is 11. The van der Waals surface area contributed by atoms with Crippen LogP contribution in [-0.2, 0) is 61.7 Å². The lowest BCUT2D eigenvalue weighted by molar-refractivity contribution is -0.358. The third kappa shape index (κ3) is 10.3. The van der Waals surface area contributed by atoms with Gasteiger partial charge in [-0.25, -0.2) is 0 Å². The maximum Gasteiger partial charge on any atom is 0.309 e. The first-order valence-electron chi connectivity index (χ1n) is 20.7. The number of hydrogen-bond acceptors (Lipinski definition) is 15. The van der Waals surface area contributed by atoms with Crippen LogP contribution in [0.15, 0.2) is 36.5 Å². The van der Waals surface area contributed by atoms with Crippen molar-refractivity contribution < 1.29 is 71.9 Å². The van der Waals surface area contributed by atoms with Crippen molar-refractivity contribution in [1.29, 1.82) is 0 Å². The van der Waals surface area contributed by atoms with Crippen LogP contribution in [0.4, 0.5) is 0 Å². The smallest absolute Gasteiger partial charge is 0.309 e. The summed E-state index contributed by atoms with van der Waals surface area (Å²) < 4.78 is 67.3. The Balaban J connectivity index is 1.38. The van der Waals surface area contributed by atoms with Crippen molar-refractivity contribution in [2.75, 3.05) is 35.0 Å². The molecule has 0 radical (unpaired) electrons. The molecule has 5 saturated heterocycles. The Bertz CT molecular complexity index is 1450. The van der Waals surface area contributed by atoms with Gasteiger partial charge in [-0.3, -0.25) is 9.59 Å². The molecule has 15 heteroatoms. The van der Waals surface area contributed by atoms with E-state index in [2.05, 4.69) is 19.9 Å². The van der Waals surface area contributed by atoms with E-state index in [1.807, 2.05) is 58.1 Å². The summed E-state index contributed by atoms with van der Waals surface area (Å²) in [5.74, 6) is -3.58. The number of aliphatic hydroxyl groups is 2. The Kier molecular flexibility index (Phi) is 16.3. The van der Waals surface area contributed by atoms with Crippen molar-refractivity contribution in [3.8, 4) is 0 Å². The van der Waals surface area contributed by atoms with Crippen molar-refractivity contribution in [3.63, 3.8) is 0 Å². The summed E-state index contributed by atoms with van der Waals surface area (Å²) in [4.78, 5) is 27.9. The van der Waals surface area contributed by atoms with Crippen LogP contribution in [0.5, 0.6) is 0 Å². The van der Waals surface area contributed by atoms with Gasteiger partial charge in [0.2, 0.25) is 5.79 Å². The first-order chi connectivity index (χ1) is 27.5.